The van der Waals surface area contributed by atoms with Crippen LogP contribution in [0.1, 0.15) is 41.4 Å². The minimum atomic E-state index is -3.93. The highest BCUT2D eigenvalue weighted by Crippen LogP contribution is 2.41. The molecular weight excluding hydrogens is 530 g/mol. The molecule has 0 radical (unpaired) electrons. The first kappa shape index (κ1) is 29.1. The summed E-state index contributed by atoms with van der Waals surface area (Å²) in [6.45, 7) is 2.13. The molecule has 9 nitrogen and oxygen atoms in total. The smallest absolute Gasteiger partial charge is 0.272 e. The van der Waals surface area contributed by atoms with Crippen molar-refractivity contribution in [3.63, 3.8) is 0 Å². The van der Waals surface area contributed by atoms with E-state index in [2.05, 4.69) is 11.9 Å². The Balaban J connectivity index is 0.00000400. The van der Waals surface area contributed by atoms with Crippen molar-refractivity contribution in [2.45, 2.75) is 30.9 Å². The number of carbonyl (C=O) groups is 2. The lowest BCUT2D eigenvalue weighted by molar-refractivity contribution is -0.130. The van der Waals surface area contributed by atoms with Gasteiger partial charge in [-0.2, -0.15) is 0 Å². The molecule has 0 aliphatic carbocycles. The van der Waals surface area contributed by atoms with Crippen LogP contribution in [0.4, 0.5) is 0 Å². The molecular formula is C27H30ClN3O6S. The summed E-state index contributed by atoms with van der Waals surface area (Å²) in [5.74, 6) is -0.398. The molecule has 1 atom stereocenters. The second kappa shape index (κ2) is 12.4. The number of benzene rings is 2. The van der Waals surface area contributed by atoms with Gasteiger partial charge in [0.15, 0.2) is 9.84 Å². The summed E-state index contributed by atoms with van der Waals surface area (Å²) in [5.41, 5.74) is 3.34. The van der Waals surface area contributed by atoms with E-state index in [0.717, 1.165) is 6.42 Å². The summed E-state index contributed by atoms with van der Waals surface area (Å²) in [6.07, 6.45) is 1.90. The van der Waals surface area contributed by atoms with Crippen LogP contribution in [0.25, 0.3) is 0 Å². The number of nitrogens with one attached hydrogen (secondary N) is 1. The lowest BCUT2D eigenvalue weighted by atomic mass is 9.90. The number of aromatic nitrogens is 1. The summed E-state index contributed by atoms with van der Waals surface area (Å²) in [4.78, 5) is 30.8. The molecule has 0 spiro atoms. The van der Waals surface area contributed by atoms with Crippen molar-refractivity contribution in [1.82, 2.24) is 15.4 Å². The van der Waals surface area contributed by atoms with Crippen LogP contribution in [0, 0.1) is 0 Å². The maximum absolute atomic E-state index is 13.7. The molecule has 202 valence electrons. The number of pyridine rings is 1. The van der Waals surface area contributed by atoms with Gasteiger partial charge in [0, 0.05) is 19.3 Å². The van der Waals surface area contributed by atoms with Crippen LogP contribution in [0.2, 0.25) is 0 Å². The molecule has 11 heteroatoms. The van der Waals surface area contributed by atoms with Gasteiger partial charge in [0.2, 0.25) is 5.91 Å². The van der Waals surface area contributed by atoms with Gasteiger partial charge in [0.05, 0.1) is 12.2 Å². The van der Waals surface area contributed by atoms with Crippen LogP contribution in [-0.4, -0.2) is 54.2 Å². The molecule has 3 aromatic rings. The second-order valence-corrected chi connectivity index (χ2v) is 11.3. The maximum Gasteiger partial charge on any atom is 0.272 e. The first-order chi connectivity index (χ1) is 17.8. The number of aryl methyl sites for hydroxylation is 1. The number of nitrogens with zero attached hydrogens (tertiary/aromatic N) is 2. The number of hydrogen-bond donors (Lipinski definition) is 2. The molecule has 0 bridgehead atoms. The highest BCUT2D eigenvalue weighted by Gasteiger charge is 2.49. The fraction of sp³-hybridized carbons (Fsp3) is 0.296. The number of hydrogen-bond acceptors (Lipinski definition) is 7. The van der Waals surface area contributed by atoms with Crippen LogP contribution in [0.3, 0.4) is 0 Å². The highest BCUT2D eigenvalue weighted by molar-refractivity contribution is 7.92. The van der Waals surface area contributed by atoms with E-state index in [1.54, 1.807) is 47.9 Å². The first-order valence-corrected chi connectivity index (χ1v) is 13.7. The molecule has 1 saturated heterocycles. The van der Waals surface area contributed by atoms with Gasteiger partial charge >= 0.3 is 0 Å². The minimum absolute atomic E-state index is 0. The predicted octanol–water partition coefficient (Wildman–Crippen LogP) is 3.91. The number of ether oxygens (including phenoxy) is 1. The van der Waals surface area contributed by atoms with Crippen molar-refractivity contribution in [3.8, 4) is 11.5 Å². The third-order valence-electron chi connectivity index (χ3n) is 6.70. The van der Waals surface area contributed by atoms with E-state index in [9.17, 15) is 23.2 Å². The van der Waals surface area contributed by atoms with Crippen molar-refractivity contribution in [2.24, 2.45) is 0 Å². The lowest BCUT2D eigenvalue weighted by Gasteiger charge is -2.32. The van der Waals surface area contributed by atoms with E-state index in [-0.39, 0.29) is 49.3 Å². The standard InChI is InChI=1S/C27H29N3O6S.ClH/c1-2-20-6-10-22(11-7-20)36-23-12-8-21(9-13-23)27(19-25(31)29-33)14-16-30(17-18-37(27,34)35)26(32)24-5-3-4-15-28-24;/h3-13,15,33H,2,14,16-19H2,1H3,(H,29,31);1H. The predicted molar refractivity (Wildman–Crippen MR) is 144 cm³/mol. The zero-order chi connectivity index (χ0) is 26.5. The van der Waals surface area contributed by atoms with Crippen molar-refractivity contribution < 1.29 is 28.0 Å². The van der Waals surface area contributed by atoms with Crippen LogP contribution in [0.5, 0.6) is 11.5 Å². The highest BCUT2D eigenvalue weighted by atomic mass is 35.5. The lowest BCUT2D eigenvalue weighted by Crippen LogP contribution is -2.42. The summed E-state index contributed by atoms with van der Waals surface area (Å²) in [5, 5.41) is 9.21. The fourth-order valence-electron chi connectivity index (χ4n) is 4.54. The van der Waals surface area contributed by atoms with E-state index in [1.165, 1.54) is 16.7 Å². The first-order valence-electron chi connectivity index (χ1n) is 12.0. The van der Waals surface area contributed by atoms with Gasteiger partial charge in [0.1, 0.15) is 21.9 Å². The summed E-state index contributed by atoms with van der Waals surface area (Å²) >= 11 is 0. The number of amides is 2. The molecule has 4 rings (SSSR count). The van der Waals surface area contributed by atoms with Crippen LogP contribution in [0.15, 0.2) is 72.9 Å². The fourth-order valence-corrected chi connectivity index (χ4v) is 6.64. The Labute approximate surface area is 228 Å². The van der Waals surface area contributed by atoms with Gasteiger partial charge in [-0.3, -0.25) is 19.8 Å². The molecule has 2 aromatic carbocycles. The van der Waals surface area contributed by atoms with Gasteiger partial charge in [-0.05, 0) is 60.4 Å². The zero-order valence-electron chi connectivity index (χ0n) is 20.9. The number of hydroxylamine groups is 1. The monoisotopic (exact) mass is 559 g/mol. The third-order valence-corrected chi connectivity index (χ3v) is 9.20. The van der Waals surface area contributed by atoms with Crippen molar-refractivity contribution in [2.75, 3.05) is 18.8 Å². The number of rotatable bonds is 7. The van der Waals surface area contributed by atoms with Crippen molar-refractivity contribution >= 4 is 34.1 Å². The largest absolute Gasteiger partial charge is 0.457 e. The topological polar surface area (TPSA) is 126 Å². The molecule has 1 fully saturated rings. The average Bonchev–Trinajstić information content (AvgIpc) is 3.05. The second-order valence-electron chi connectivity index (χ2n) is 8.91. The third kappa shape index (κ3) is 6.15. The van der Waals surface area contributed by atoms with Gasteiger partial charge in [-0.15, -0.1) is 12.4 Å². The molecule has 2 N–H and O–H groups in total. The molecule has 1 unspecified atom stereocenters. The number of carbonyl (C=O) groups excluding carboxylic acids is 2. The number of halogens is 1. The molecule has 1 aliphatic rings. The molecule has 1 aromatic heterocycles. The van der Waals surface area contributed by atoms with Crippen molar-refractivity contribution in [1.29, 1.82) is 0 Å². The molecule has 38 heavy (non-hydrogen) atoms. The van der Waals surface area contributed by atoms with Crippen LogP contribution >= 0.6 is 12.4 Å². The van der Waals surface area contributed by atoms with Crippen molar-refractivity contribution in [3.05, 3.63) is 89.7 Å². The molecule has 2 amide bonds. The van der Waals surface area contributed by atoms with E-state index in [4.69, 9.17) is 4.74 Å². The van der Waals surface area contributed by atoms with E-state index in [0.29, 0.717) is 17.1 Å². The minimum Gasteiger partial charge on any atom is -0.457 e. The molecule has 2 heterocycles. The van der Waals surface area contributed by atoms with E-state index < -0.39 is 26.9 Å². The summed E-state index contributed by atoms with van der Waals surface area (Å²) in [7, 11) is -3.93. The Morgan fingerprint density at radius 3 is 2.26 bits per heavy atom. The Kier molecular flexibility index (Phi) is 9.48. The van der Waals surface area contributed by atoms with E-state index >= 15 is 0 Å². The number of sulfone groups is 1. The summed E-state index contributed by atoms with van der Waals surface area (Å²) in [6, 6.07) is 19.2. The zero-order valence-corrected chi connectivity index (χ0v) is 22.5. The van der Waals surface area contributed by atoms with Gasteiger partial charge in [-0.25, -0.2) is 13.9 Å². The SMILES string of the molecule is CCc1ccc(Oc2ccc(C3(CC(=O)NO)CCN(C(=O)c4ccccn4)CCS3(=O)=O)cc2)cc1.Cl. The normalized spacial score (nSPS) is 18.5. The van der Waals surface area contributed by atoms with Crippen LogP contribution < -0.4 is 10.2 Å². The Morgan fingerprint density at radius 2 is 1.68 bits per heavy atom. The average molecular weight is 560 g/mol. The van der Waals surface area contributed by atoms with Gasteiger partial charge < -0.3 is 9.64 Å². The summed E-state index contributed by atoms with van der Waals surface area (Å²) < 4.78 is 31.6. The Morgan fingerprint density at radius 1 is 1.03 bits per heavy atom. The van der Waals surface area contributed by atoms with Gasteiger partial charge in [0.25, 0.3) is 5.91 Å². The van der Waals surface area contributed by atoms with Gasteiger partial charge in [-0.1, -0.05) is 37.3 Å². The maximum atomic E-state index is 13.7. The molecule has 0 saturated carbocycles. The molecule has 1 aliphatic heterocycles. The Hall–Kier alpha value is -3.47. The quantitative estimate of drug-likeness (QED) is 0.332. The Bertz CT molecular complexity index is 1350. The van der Waals surface area contributed by atoms with E-state index in [1.807, 2.05) is 24.3 Å². The van der Waals surface area contributed by atoms with Crippen LogP contribution in [-0.2, 0) is 25.8 Å².